The highest BCUT2D eigenvalue weighted by atomic mass is 16.5. The average Bonchev–Trinajstić information content (AvgIpc) is 2.37. The Morgan fingerprint density at radius 1 is 1.41 bits per heavy atom. The molecule has 0 saturated carbocycles. The lowest BCUT2D eigenvalue weighted by Crippen LogP contribution is -2.27. The van der Waals surface area contributed by atoms with Gasteiger partial charge in [-0.2, -0.15) is 0 Å². The molecule has 0 aliphatic rings. The zero-order valence-electron chi connectivity index (χ0n) is 10.2. The Morgan fingerprint density at radius 3 is 2.88 bits per heavy atom. The highest BCUT2D eigenvalue weighted by Gasteiger charge is 2.01. The molecule has 1 aromatic carbocycles. The molecule has 1 rings (SSSR count). The fourth-order valence-corrected chi connectivity index (χ4v) is 1.43. The molecule has 0 spiro atoms. The molecule has 0 aliphatic heterocycles. The summed E-state index contributed by atoms with van der Waals surface area (Å²) in [6.45, 7) is 3.79. The van der Waals surface area contributed by atoms with Crippen LogP contribution in [0.3, 0.4) is 0 Å². The second-order valence-corrected chi connectivity index (χ2v) is 3.85. The van der Waals surface area contributed by atoms with Crippen molar-refractivity contribution in [2.24, 2.45) is 5.73 Å². The quantitative estimate of drug-likeness (QED) is 0.699. The number of nitrogens with one attached hydrogen (secondary N) is 1. The highest BCUT2D eigenvalue weighted by Crippen LogP contribution is 2.03. The molecule has 1 amide bonds. The van der Waals surface area contributed by atoms with E-state index in [2.05, 4.69) is 5.32 Å². The maximum atomic E-state index is 11.4. The minimum Gasteiger partial charge on any atom is -0.372 e. The van der Waals surface area contributed by atoms with Crippen LogP contribution in [0.1, 0.15) is 24.5 Å². The predicted octanol–water partition coefficient (Wildman–Crippen LogP) is 1.19. The van der Waals surface area contributed by atoms with E-state index < -0.39 is 0 Å². The number of amides is 1. The Morgan fingerprint density at radius 2 is 2.18 bits per heavy atom. The number of ether oxygens (including phenoxy) is 1. The summed E-state index contributed by atoms with van der Waals surface area (Å²) in [5, 5.41) is 2.80. The molecule has 1 aromatic rings. The number of rotatable bonds is 7. The smallest absolute Gasteiger partial charge is 0.246 e. The van der Waals surface area contributed by atoms with Crippen molar-refractivity contribution >= 4 is 5.91 Å². The van der Waals surface area contributed by atoms with E-state index in [4.69, 9.17) is 10.5 Å². The molecule has 0 aromatic heterocycles. The number of carbonyl (C=O) groups is 1. The molecule has 3 N–H and O–H groups in total. The summed E-state index contributed by atoms with van der Waals surface area (Å²) in [6.07, 6.45) is 0.922. The topological polar surface area (TPSA) is 64.3 Å². The standard InChI is InChI=1S/C13H20N2O2/c1-2-6-17-10-13(16)15-9-12-5-3-4-11(7-12)8-14/h3-5,7H,2,6,8-10,14H2,1H3,(H,15,16). The van der Waals surface area contributed by atoms with Crippen molar-refractivity contribution in [1.29, 1.82) is 0 Å². The van der Waals surface area contributed by atoms with E-state index in [0.717, 1.165) is 17.5 Å². The van der Waals surface area contributed by atoms with Gasteiger partial charge in [0.25, 0.3) is 0 Å². The zero-order valence-corrected chi connectivity index (χ0v) is 10.2. The Kier molecular flexibility index (Phi) is 6.29. The lowest BCUT2D eigenvalue weighted by Gasteiger charge is -2.07. The Hall–Kier alpha value is -1.39. The summed E-state index contributed by atoms with van der Waals surface area (Å²) in [7, 11) is 0. The Balaban J connectivity index is 2.31. The van der Waals surface area contributed by atoms with Crippen molar-refractivity contribution in [3.8, 4) is 0 Å². The number of benzene rings is 1. The van der Waals surface area contributed by atoms with E-state index >= 15 is 0 Å². The van der Waals surface area contributed by atoms with E-state index in [1.54, 1.807) is 0 Å². The highest BCUT2D eigenvalue weighted by molar-refractivity contribution is 5.77. The monoisotopic (exact) mass is 236 g/mol. The average molecular weight is 236 g/mol. The lowest BCUT2D eigenvalue weighted by molar-refractivity contribution is -0.125. The van der Waals surface area contributed by atoms with Crippen molar-refractivity contribution in [3.05, 3.63) is 35.4 Å². The zero-order chi connectivity index (χ0) is 12.5. The van der Waals surface area contributed by atoms with Crippen LogP contribution < -0.4 is 11.1 Å². The van der Waals surface area contributed by atoms with E-state index in [1.165, 1.54) is 0 Å². The summed E-state index contributed by atoms with van der Waals surface area (Å²) < 4.78 is 5.15. The number of carbonyl (C=O) groups excluding carboxylic acids is 1. The van der Waals surface area contributed by atoms with Crippen LogP contribution in [0.2, 0.25) is 0 Å². The molecule has 0 unspecified atom stereocenters. The molecule has 94 valence electrons. The van der Waals surface area contributed by atoms with Crippen LogP contribution >= 0.6 is 0 Å². The second-order valence-electron chi connectivity index (χ2n) is 3.85. The van der Waals surface area contributed by atoms with Crippen molar-refractivity contribution in [2.75, 3.05) is 13.2 Å². The van der Waals surface area contributed by atoms with Crippen LogP contribution in [-0.4, -0.2) is 19.1 Å². The van der Waals surface area contributed by atoms with E-state index in [9.17, 15) is 4.79 Å². The van der Waals surface area contributed by atoms with Crippen LogP contribution in [0.4, 0.5) is 0 Å². The van der Waals surface area contributed by atoms with Gasteiger partial charge < -0.3 is 15.8 Å². The minimum atomic E-state index is -0.0865. The first-order valence-corrected chi connectivity index (χ1v) is 5.88. The van der Waals surface area contributed by atoms with Gasteiger partial charge in [0.2, 0.25) is 5.91 Å². The van der Waals surface area contributed by atoms with Crippen molar-refractivity contribution in [3.63, 3.8) is 0 Å². The molecule has 0 fully saturated rings. The molecule has 0 atom stereocenters. The summed E-state index contributed by atoms with van der Waals surface area (Å²) in [6, 6.07) is 7.87. The van der Waals surface area contributed by atoms with E-state index in [1.807, 2.05) is 31.2 Å². The first-order valence-electron chi connectivity index (χ1n) is 5.88. The first kappa shape index (κ1) is 13.7. The maximum absolute atomic E-state index is 11.4. The third-order valence-electron chi connectivity index (χ3n) is 2.30. The molecule has 0 radical (unpaired) electrons. The SMILES string of the molecule is CCCOCC(=O)NCc1cccc(CN)c1. The summed E-state index contributed by atoms with van der Waals surface area (Å²) in [5.41, 5.74) is 7.67. The van der Waals surface area contributed by atoms with Gasteiger partial charge in [0.15, 0.2) is 0 Å². The lowest BCUT2D eigenvalue weighted by atomic mass is 10.1. The molecular formula is C13H20N2O2. The number of nitrogens with two attached hydrogens (primary N) is 1. The first-order chi connectivity index (χ1) is 8.26. The molecule has 0 bridgehead atoms. The molecule has 4 nitrogen and oxygen atoms in total. The Bertz CT molecular complexity index is 353. The Labute approximate surface area is 102 Å². The largest absolute Gasteiger partial charge is 0.372 e. The van der Waals surface area contributed by atoms with E-state index in [-0.39, 0.29) is 12.5 Å². The molecule has 0 heterocycles. The van der Waals surface area contributed by atoms with Gasteiger partial charge in [0.1, 0.15) is 6.61 Å². The van der Waals surface area contributed by atoms with Crippen molar-refractivity contribution in [1.82, 2.24) is 5.32 Å². The third kappa shape index (κ3) is 5.47. The fourth-order valence-electron chi connectivity index (χ4n) is 1.43. The van der Waals surface area contributed by atoms with Gasteiger partial charge in [-0.3, -0.25) is 4.79 Å². The van der Waals surface area contributed by atoms with Gasteiger partial charge in [0.05, 0.1) is 0 Å². The fraction of sp³-hybridized carbons (Fsp3) is 0.462. The van der Waals surface area contributed by atoms with Crippen molar-refractivity contribution < 1.29 is 9.53 Å². The summed E-state index contributed by atoms with van der Waals surface area (Å²) in [5.74, 6) is -0.0865. The minimum absolute atomic E-state index is 0.0865. The van der Waals surface area contributed by atoms with Gasteiger partial charge in [-0.05, 0) is 17.5 Å². The molecule has 4 heteroatoms. The maximum Gasteiger partial charge on any atom is 0.246 e. The van der Waals surface area contributed by atoms with Gasteiger partial charge in [-0.25, -0.2) is 0 Å². The second kappa shape index (κ2) is 7.81. The third-order valence-corrected chi connectivity index (χ3v) is 2.30. The van der Waals surface area contributed by atoms with Crippen LogP contribution in [-0.2, 0) is 22.6 Å². The summed E-state index contributed by atoms with van der Waals surface area (Å²) in [4.78, 5) is 11.4. The normalized spacial score (nSPS) is 10.2. The molecule has 0 saturated heterocycles. The number of hydrogen-bond donors (Lipinski definition) is 2. The molecule has 17 heavy (non-hydrogen) atoms. The van der Waals surface area contributed by atoms with Gasteiger partial charge in [0, 0.05) is 19.7 Å². The van der Waals surface area contributed by atoms with Gasteiger partial charge >= 0.3 is 0 Å². The number of hydrogen-bond acceptors (Lipinski definition) is 3. The van der Waals surface area contributed by atoms with Crippen LogP contribution in [0.25, 0.3) is 0 Å². The van der Waals surface area contributed by atoms with Crippen LogP contribution in [0.5, 0.6) is 0 Å². The summed E-state index contributed by atoms with van der Waals surface area (Å²) >= 11 is 0. The van der Waals surface area contributed by atoms with Gasteiger partial charge in [-0.15, -0.1) is 0 Å². The predicted molar refractivity (Wildman–Crippen MR) is 67.3 cm³/mol. The molecular weight excluding hydrogens is 216 g/mol. The van der Waals surface area contributed by atoms with Crippen molar-refractivity contribution in [2.45, 2.75) is 26.4 Å². The van der Waals surface area contributed by atoms with E-state index in [0.29, 0.717) is 19.7 Å². The van der Waals surface area contributed by atoms with Crippen LogP contribution in [0.15, 0.2) is 24.3 Å². The van der Waals surface area contributed by atoms with Gasteiger partial charge in [-0.1, -0.05) is 31.2 Å². The molecule has 0 aliphatic carbocycles. The van der Waals surface area contributed by atoms with Crippen LogP contribution in [0, 0.1) is 0 Å².